The van der Waals surface area contributed by atoms with E-state index in [1.165, 1.54) is 25.7 Å². The number of benzene rings is 1. The van der Waals surface area contributed by atoms with Crippen LogP contribution in [0.25, 0.3) is 0 Å². The Bertz CT molecular complexity index is 401. The van der Waals surface area contributed by atoms with Crippen LogP contribution in [0.5, 0.6) is 0 Å². The van der Waals surface area contributed by atoms with Crippen LogP contribution in [0.2, 0.25) is 0 Å². The van der Waals surface area contributed by atoms with E-state index in [2.05, 4.69) is 11.4 Å². The molecule has 1 aliphatic carbocycles. The Morgan fingerprint density at radius 2 is 1.94 bits per heavy atom. The highest BCUT2D eigenvalue weighted by molar-refractivity contribution is 5.47. The second-order valence-electron chi connectivity index (χ2n) is 5.10. The molecule has 0 radical (unpaired) electrons. The van der Waals surface area contributed by atoms with Crippen molar-refractivity contribution in [3.05, 3.63) is 29.8 Å². The maximum absolute atomic E-state index is 9.43. The van der Waals surface area contributed by atoms with Crippen LogP contribution >= 0.6 is 0 Å². The first kappa shape index (κ1) is 12.9. The second-order valence-corrected chi connectivity index (χ2v) is 5.10. The molecule has 3 nitrogen and oxygen atoms in total. The monoisotopic (exact) mass is 244 g/mol. The van der Waals surface area contributed by atoms with E-state index >= 15 is 0 Å². The smallest absolute Gasteiger partial charge is 0.0991 e. The van der Waals surface area contributed by atoms with Gasteiger partial charge in [-0.15, -0.1) is 0 Å². The van der Waals surface area contributed by atoms with Gasteiger partial charge in [0.05, 0.1) is 18.2 Å². The van der Waals surface area contributed by atoms with E-state index in [0.29, 0.717) is 5.56 Å². The molecule has 0 saturated heterocycles. The highest BCUT2D eigenvalue weighted by atomic mass is 16.3. The van der Waals surface area contributed by atoms with Gasteiger partial charge in [0, 0.05) is 11.7 Å². The number of nitrogens with one attached hydrogen (secondary N) is 1. The van der Waals surface area contributed by atoms with Gasteiger partial charge in [0.2, 0.25) is 0 Å². The topological polar surface area (TPSA) is 56.0 Å². The molecule has 0 heterocycles. The molecule has 18 heavy (non-hydrogen) atoms. The third-order valence-electron chi connectivity index (χ3n) is 3.70. The van der Waals surface area contributed by atoms with Gasteiger partial charge in [-0.3, -0.25) is 0 Å². The zero-order chi connectivity index (χ0) is 12.8. The number of aliphatic hydroxyl groups is 1. The van der Waals surface area contributed by atoms with Crippen molar-refractivity contribution in [1.82, 2.24) is 0 Å². The van der Waals surface area contributed by atoms with Crippen LogP contribution in [-0.2, 0) is 0 Å². The largest absolute Gasteiger partial charge is 0.394 e. The Morgan fingerprint density at radius 1 is 1.28 bits per heavy atom. The summed E-state index contributed by atoms with van der Waals surface area (Å²) in [5.41, 5.74) is 1.64. The average molecular weight is 244 g/mol. The molecule has 1 aromatic rings. The standard InChI is InChI=1S/C15H20N2O/c16-10-13-5-7-14(8-6-13)17-15(11-18)9-12-3-1-2-4-12/h5-8,12,15,17-18H,1-4,9,11H2. The number of nitriles is 1. The molecular formula is C15H20N2O. The Kier molecular flexibility index (Phi) is 4.60. The molecule has 1 atom stereocenters. The summed E-state index contributed by atoms with van der Waals surface area (Å²) < 4.78 is 0. The lowest BCUT2D eigenvalue weighted by Crippen LogP contribution is -2.26. The Hall–Kier alpha value is -1.53. The average Bonchev–Trinajstić information content (AvgIpc) is 2.91. The minimum Gasteiger partial charge on any atom is -0.394 e. The van der Waals surface area contributed by atoms with Gasteiger partial charge in [0.25, 0.3) is 0 Å². The number of hydrogen-bond donors (Lipinski definition) is 2. The van der Waals surface area contributed by atoms with E-state index in [9.17, 15) is 5.11 Å². The minimum absolute atomic E-state index is 0.126. The van der Waals surface area contributed by atoms with E-state index in [-0.39, 0.29) is 12.6 Å². The van der Waals surface area contributed by atoms with Gasteiger partial charge in [0.15, 0.2) is 0 Å². The van der Waals surface area contributed by atoms with Gasteiger partial charge in [-0.05, 0) is 36.6 Å². The van der Waals surface area contributed by atoms with Crippen LogP contribution < -0.4 is 5.32 Å². The normalized spacial score (nSPS) is 17.3. The van der Waals surface area contributed by atoms with E-state index in [4.69, 9.17) is 5.26 Å². The van der Waals surface area contributed by atoms with Crippen LogP contribution in [0.4, 0.5) is 5.69 Å². The number of hydrogen-bond acceptors (Lipinski definition) is 3. The van der Waals surface area contributed by atoms with Gasteiger partial charge >= 0.3 is 0 Å². The molecular weight excluding hydrogens is 224 g/mol. The summed E-state index contributed by atoms with van der Waals surface area (Å²) in [6.45, 7) is 0.163. The number of nitrogens with zero attached hydrogens (tertiary/aromatic N) is 1. The maximum atomic E-state index is 9.43. The van der Waals surface area contributed by atoms with Crippen molar-refractivity contribution in [2.45, 2.75) is 38.1 Å². The summed E-state index contributed by atoms with van der Waals surface area (Å²) in [5, 5.41) is 21.5. The first-order valence-electron chi connectivity index (χ1n) is 6.69. The molecule has 0 bridgehead atoms. The first-order valence-corrected chi connectivity index (χ1v) is 6.69. The van der Waals surface area contributed by atoms with Crippen molar-refractivity contribution in [1.29, 1.82) is 5.26 Å². The Morgan fingerprint density at radius 3 is 2.50 bits per heavy atom. The first-order chi connectivity index (χ1) is 8.81. The lowest BCUT2D eigenvalue weighted by molar-refractivity contribution is 0.254. The molecule has 1 aliphatic rings. The molecule has 0 spiro atoms. The van der Waals surface area contributed by atoms with Gasteiger partial charge in [0.1, 0.15) is 0 Å². The predicted octanol–water partition coefficient (Wildman–Crippen LogP) is 2.91. The lowest BCUT2D eigenvalue weighted by atomic mass is 9.98. The van der Waals surface area contributed by atoms with E-state index < -0.39 is 0 Å². The van der Waals surface area contributed by atoms with Crippen LogP contribution in [-0.4, -0.2) is 17.8 Å². The van der Waals surface area contributed by atoms with Gasteiger partial charge in [-0.25, -0.2) is 0 Å². The predicted molar refractivity (Wildman–Crippen MR) is 72.2 cm³/mol. The quantitative estimate of drug-likeness (QED) is 0.837. The van der Waals surface area contributed by atoms with Crippen LogP contribution in [0.15, 0.2) is 24.3 Å². The Balaban J connectivity index is 1.90. The minimum atomic E-state index is 0.126. The molecule has 1 aromatic carbocycles. The van der Waals surface area contributed by atoms with Crippen LogP contribution in [0.3, 0.4) is 0 Å². The molecule has 0 aromatic heterocycles. The zero-order valence-corrected chi connectivity index (χ0v) is 10.6. The summed E-state index contributed by atoms with van der Waals surface area (Å²) in [7, 11) is 0. The van der Waals surface area contributed by atoms with Crippen molar-refractivity contribution in [3.8, 4) is 6.07 Å². The highest BCUT2D eigenvalue weighted by Crippen LogP contribution is 2.29. The van der Waals surface area contributed by atoms with E-state index in [1.807, 2.05) is 12.1 Å². The van der Waals surface area contributed by atoms with Crippen LogP contribution in [0, 0.1) is 17.2 Å². The molecule has 1 fully saturated rings. The molecule has 96 valence electrons. The van der Waals surface area contributed by atoms with Gasteiger partial charge < -0.3 is 10.4 Å². The van der Waals surface area contributed by atoms with Crippen LogP contribution in [0.1, 0.15) is 37.7 Å². The summed E-state index contributed by atoms with van der Waals surface area (Å²) in [6.07, 6.45) is 6.30. The lowest BCUT2D eigenvalue weighted by Gasteiger charge is -2.21. The number of rotatable bonds is 5. The van der Waals surface area contributed by atoms with Crippen molar-refractivity contribution < 1.29 is 5.11 Å². The summed E-state index contributed by atoms with van der Waals surface area (Å²) in [5.74, 6) is 0.757. The van der Waals surface area contributed by atoms with E-state index in [1.54, 1.807) is 12.1 Å². The maximum Gasteiger partial charge on any atom is 0.0991 e. The summed E-state index contributed by atoms with van der Waals surface area (Å²) in [4.78, 5) is 0. The SMILES string of the molecule is N#Cc1ccc(NC(CO)CC2CCCC2)cc1. The van der Waals surface area contributed by atoms with Crippen molar-refractivity contribution >= 4 is 5.69 Å². The fraction of sp³-hybridized carbons (Fsp3) is 0.533. The molecule has 0 aliphatic heterocycles. The van der Waals surface area contributed by atoms with E-state index in [0.717, 1.165) is 18.0 Å². The van der Waals surface area contributed by atoms with Gasteiger partial charge in [-0.2, -0.15) is 5.26 Å². The molecule has 2 N–H and O–H groups in total. The molecule has 1 unspecified atom stereocenters. The molecule has 1 saturated carbocycles. The third kappa shape index (κ3) is 3.48. The zero-order valence-electron chi connectivity index (χ0n) is 10.6. The van der Waals surface area contributed by atoms with Gasteiger partial charge in [-0.1, -0.05) is 25.7 Å². The number of aliphatic hydroxyl groups excluding tert-OH is 1. The summed E-state index contributed by atoms with van der Waals surface area (Å²) >= 11 is 0. The fourth-order valence-electron chi connectivity index (χ4n) is 2.70. The Labute approximate surface area is 108 Å². The van der Waals surface area contributed by atoms with Crippen molar-refractivity contribution in [2.75, 3.05) is 11.9 Å². The molecule has 3 heteroatoms. The second kappa shape index (κ2) is 6.42. The van der Waals surface area contributed by atoms with Crippen molar-refractivity contribution in [3.63, 3.8) is 0 Å². The fourth-order valence-corrected chi connectivity index (χ4v) is 2.70. The molecule has 2 rings (SSSR count). The molecule has 0 amide bonds. The summed E-state index contributed by atoms with van der Waals surface area (Å²) in [6, 6.07) is 9.62. The number of anilines is 1. The highest BCUT2D eigenvalue weighted by Gasteiger charge is 2.19. The van der Waals surface area contributed by atoms with Crippen molar-refractivity contribution in [2.24, 2.45) is 5.92 Å². The third-order valence-corrected chi connectivity index (χ3v) is 3.70.